The zero-order chi connectivity index (χ0) is 11.3. The summed E-state index contributed by atoms with van der Waals surface area (Å²) in [7, 11) is -3.31. The van der Waals surface area contributed by atoms with E-state index in [0.717, 1.165) is 16.1 Å². The van der Waals surface area contributed by atoms with Crippen LogP contribution in [0.5, 0.6) is 0 Å². The fourth-order valence-electron chi connectivity index (χ4n) is 1.16. The van der Waals surface area contributed by atoms with Gasteiger partial charge in [0, 0.05) is 6.54 Å². The van der Waals surface area contributed by atoms with Crippen molar-refractivity contribution in [3.05, 3.63) is 35.9 Å². The van der Waals surface area contributed by atoms with Crippen molar-refractivity contribution in [3.63, 3.8) is 0 Å². The van der Waals surface area contributed by atoms with Gasteiger partial charge in [0.15, 0.2) is 0 Å². The van der Waals surface area contributed by atoms with Gasteiger partial charge in [0.1, 0.15) is 6.54 Å². The quantitative estimate of drug-likeness (QED) is 0.716. The molecular formula is C10H12N2O2S. The minimum atomic E-state index is -3.31. The molecule has 0 fully saturated rings. The number of hydrogen-bond donors (Lipinski definition) is 0. The third-order valence-electron chi connectivity index (χ3n) is 1.92. The van der Waals surface area contributed by atoms with E-state index in [1.807, 2.05) is 36.4 Å². The molecule has 0 aliphatic carbocycles. The largest absolute Gasteiger partial charge is 0.212 e. The Bertz CT molecular complexity index is 448. The Labute approximate surface area is 89.8 Å². The molecule has 0 radical (unpaired) electrons. The van der Waals surface area contributed by atoms with Gasteiger partial charge >= 0.3 is 0 Å². The molecule has 0 bridgehead atoms. The maximum Gasteiger partial charge on any atom is 0.212 e. The number of hydrogen-bond acceptors (Lipinski definition) is 3. The second kappa shape index (κ2) is 4.91. The monoisotopic (exact) mass is 224 g/mol. The number of nitrogens with zero attached hydrogens (tertiary/aromatic N) is 2. The van der Waals surface area contributed by atoms with Gasteiger partial charge in [0.2, 0.25) is 10.0 Å². The van der Waals surface area contributed by atoms with Gasteiger partial charge in [0.05, 0.1) is 12.3 Å². The van der Waals surface area contributed by atoms with Gasteiger partial charge < -0.3 is 0 Å². The topological polar surface area (TPSA) is 61.2 Å². The third kappa shape index (κ3) is 3.70. The predicted octanol–water partition coefficient (Wildman–Crippen LogP) is 0.972. The molecule has 4 nitrogen and oxygen atoms in total. The smallest absolute Gasteiger partial charge is 0.212 e. The predicted molar refractivity (Wildman–Crippen MR) is 57.3 cm³/mol. The van der Waals surface area contributed by atoms with Gasteiger partial charge in [-0.2, -0.15) is 9.57 Å². The van der Waals surface area contributed by atoms with Gasteiger partial charge in [-0.05, 0) is 5.56 Å². The summed E-state index contributed by atoms with van der Waals surface area (Å²) in [6.45, 7) is 0.126. The Morgan fingerprint density at radius 3 is 2.40 bits per heavy atom. The van der Waals surface area contributed by atoms with Crippen molar-refractivity contribution in [3.8, 4) is 6.07 Å². The highest BCUT2D eigenvalue weighted by Crippen LogP contribution is 2.07. The van der Waals surface area contributed by atoms with Crippen molar-refractivity contribution in [2.75, 3.05) is 12.8 Å². The molecule has 1 aromatic carbocycles. The van der Waals surface area contributed by atoms with Crippen molar-refractivity contribution in [1.29, 1.82) is 5.26 Å². The lowest BCUT2D eigenvalue weighted by Crippen LogP contribution is -2.29. The van der Waals surface area contributed by atoms with Crippen LogP contribution < -0.4 is 0 Å². The van der Waals surface area contributed by atoms with Gasteiger partial charge in [-0.25, -0.2) is 8.42 Å². The minimum Gasteiger partial charge on any atom is -0.212 e. The Kier molecular flexibility index (Phi) is 3.83. The molecular weight excluding hydrogens is 212 g/mol. The van der Waals surface area contributed by atoms with Crippen LogP contribution in [0.4, 0.5) is 0 Å². The van der Waals surface area contributed by atoms with Gasteiger partial charge in [0.25, 0.3) is 0 Å². The van der Waals surface area contributed by atoms with Crippen LogP contribution in [0.15, 0.2) is 30.3 Å². The molecule has 0 aliphatic rings. The maximum atomic E-state index is 11.3. The third-order valence-corrected chi connectivity index (χ3v) is 3.11. The van der Waals surface area contributed by atoms with Gasteiger partial charge in [-0.3, -0.25) is 0 Å². The van der Waals surface area contributed by atoms with Crippen molar-refractivity contribution in [2.24, 2.45) is 0 Å². The first kappa shape index (κ1) is 11.7. The summed E-state index contributed by atoms with van der Waals surface area (Å²) in [4.78, 5) is 0. The van der Waals surface area contributed by atoms with Crippen LogP contribution in [0.1, 0.15) is 5.56 Å². The Hall–Kier alpha value is -1.38. The number of nitriles is 1. The first-order valence-corrected chi connectivity index (χ1v) is 6.25. The van der Waals surface area contributed by atoms with Crippen LogP contribution in [-0.4, -0.2) is 25.5 Å². The van der Waals surface area contributed by atoms with Crippen LogP contribution in [0.2, 0.25) is 0 Å². The second-order valence-electron chi connectivity index (χ2n) is 3.17. The van der Waals surface area contributed by atoms with Crippen LogP contribution in [-0.2, 0) is 16.6 Å². The van der Waals surface area contributed by atoms with Crippen LogP contribution >= 0.6 is 0 Å². The zero-order valence-electron chi connectivity index (χ0n) is 8.42. The van der Waals surface area contributed by atoms with Crippen LogP contribution in [0.3, 0.4) is 0 Å². The summed E-state index contributed by atoms with van der Waals surface area (Å²) in [6.07, 6.45) is 1.10. The fourth-order valence-corrected chi connectivity index (χ4v) is 1.83. The standard InChI is InChI=1S/C10H12N2O2S/c1-15(13,14)12(8-7-11)9-10-5-3-2-4-6-10/h2-6H,8-9H2,1H3. The Morgan fingerprint density at radius 2 is 1.93 bits per heavy atom. The van der Waals surface area contributed by atoms with Crippen molar-refractivity contribution >= 4 is 10.0 Å². The molecule has 0 heterocycles. The molecule has 0 unspecified atom stereocenters. The van der Waals surface area contributed by atoms with E-state index in [0.29, 0.717) is 0 Å². The van der Waals surface area contributed by atoms with Crippen LogP contribution in [0, 0.1) is 11.3 Å². The highest BCUT2D eigenvalue weighted by Gasteiger charge is 2.15. The molecule has 1 rings (SSSR count). The lowest BCUT2D eigenvalue weighted by molar-refractivity contribution is 0.446. The molecule has 80 valence electrons. The molecule has 0 aliphatic heterocycles. The molecule has 15 heavy (non-hydrogen) atoms. The average molecular weight is 224 g/mol. The summed E-state index contributed by atoms with van der Waals surface area (Å²) in [5, 5.41) is 8.52. The SMILES string of the molecule is CS(=O)(=O)N(CC#N)Cc1ccccc1. The van der Waals surface area contributed by atoms with E-state index in [2.05, 4.69) is 0 Å². The highest BCUT2D eigenvalue weighted by atomic mass is 32.2. The molecule has 0 aromatic heterocycles. The highest BCUT2D eigenvalue weighted by molar-refractivity contribution is 7.88. The van der Waals surface area contributed by atoms with Crippen molar-refractivity contribution in [2.45, 2.75) is 6.54 Å². The summed E-state index contributed by atoms with van der Waals surface area (Å²) < 4.78 is 23.7. The molecule has 1 aromatic rings. The molecule has 0 N–H and O–H groups in total. The molecule has 5 heteroatoms. The normalized spacial score (nSPS) is 11.3. The average Bonchev–Trinajstić information content (AvgIpc) is 2.17. The second-order valence-corrected chi connectivity index (χ2v) is 5.16. The summed E-state index contributed by atoms with van der Waals surface area (Å²) in [5.74, 6) is 0. The Balaban J connectivity index is 2.82. The summed E-state index contributed by atoms with van der Waals surface area (Å²) in [5.41, 5.74) is 0.873. The first-order valence-electron chi connectivity index (χ1n) is 4.40. The first-order chi connectivity index (χ1) is 7.04. The van der Waals surface area contributed by atoms with E-state index in [1.54, 1.807) is 0 Å². The van der Waals surface area contributed by atoms with E-state index in [-0.39, 0.29) is 13.1 Å². The van der Waals surface area contributed by atoms with Crippen molar-refractivity contribution in [1.82, 2.24) is 4.31 Å². The van der Waals surface area contributed by atoms with E-state index >= 15 is 0 Å². The minimum absolute atomic E-state index is 0.117. The lowest BCUT2D eigenvalue weighted by atomic mass is 10.2. The summed E-state index contributed by atoms with van der Waals surface area (Å²) in [6, 6.07) is 11.0. The molecule has 0 amide bonds. The van der Waals surface area contributed by atoms with E-state index in [1.165, 1.54) is 0 Å². The lowest BCUT2D eigenvalue weighted by Gasteiger charge is -2.16. The van der Waals surface area contributed by atoms with Crippen LogP contribution in [0.25, 0.3) is 0 Å². The van der Waals surface area contributed by atoms with E-state index in [9.17, 15) is 8.42 Å². The summed E-state index contributed by atoms with van der Waals surface area (Å²) >= 11 is 0. The molecule has 0 spiro atoms. The molecule has 0 saturated carbocycles. The number of sulfonamides is 1. The maximum absolute atomic E-state index is 11.3. The van der Waals surface area contributed by atoms with E-state index in [4.69, 9.17) is 5.26 Å². The fraction of sp³-hybridized carbons (Fsp3) is 0.300. The van der Waals surface area contributed by atoms with Gasteiger partial charge in [-0.1, -0.05) is 30.3 Å². The van der Waals surface area contributed by atoms with Gasteiger partial charge in [-0.15, -0.1) is 0 Å². The van der Waals surface area contributed by atoms with Crippen molar-refractivity contribution < 1.29 is 8.42 Å². The number of rotatable bonds is 4. The zero-order valence-corrected chi connectivity index (χ0v) is 9.24. The van der Waals surface area contributed by atoms with E-state index < -0.39 is 10.0 Å². The molecule has 0 atom stereocenters. The number of benzene rings is 1. The molecule has 0 saturated heterocycles. The Morgan fingerprint density at radius 1 is 1.33 bits per heavy atom.